The van der Waals surface area contributed by atoms with E-state index in [0.29, 0.717) is 13.0 Å². The molecule has 1 atom stereocenters. The maximum absolute atomic E-state index is 11.8. The predicted octanol–water partition coefficient (Wildman–Crippen LogP) is 1.99. The second-order valence-corrected chi connectivity index (χ2v) is 5.27. The average Bonchev–Trinajstić information content (AvgIpc) is 2.11. The molecule has 0 spiro atoms. The molecule has 0 heterocycles. The fourth-order valence-corrected chi connectivity index (χ4v) is 1.24. The van der Waals surface area contributed by atoms with Gasteiger partial charge in [0.25, 0.3) is 0 Å². The summed E-state index contributed by atoms with van der Waals surface area (Å²) in [4.78, 5) is 23.8. The summed E-state index contributed by atoms with van der Waals surface area (Å²) in [7, 11) is 0. The van der Waals surface area contributed by atoms with Crippen LogP contribution in [0.25, 0.3) is 0 Å². The molecule has 0 rings (SSSR count). The Kier molecular flexibility index (Phi) is 5.48. The lowest BCUT2D eigenvalue weighted by Crippen LogP contribution is -2.37. The zero-order valence-corrected chi connectivity index (χ0v) is 10.9. The van der Waals surface area contributed by atoms with Gasteiger partial charge in [0.05, 0.1) is 0 Å². The van der Waals surface area contributed by atoms with Gasteiger partial charge in [-0.1, -0.05) is 27.7 Å². The molecular weight excluding hydrogens is 206 g/mol. The van der Waals surface area contributed by atoms with E-state index in [1.807, 2.05) is 6.92 Å². The molecule has 1 unspecified atom stereocenters. The molecule has 0 aliphatic rings. The number of carbonyl (C=O) groups excluding carboxylic acids is 1. The summed E-state index contributed by atoms with van der Waals surface area (Å²) >= 11 is 0. The van der Waals surface area contributed by atoms with Crippen LogP contribution in [0.5, 0.6) is 0 Å². The second-order valence-electron chi connectivity index (χ2n) is 5.27. The Morgan fingerprint density at radius 2 is 1.81 bits per heavy atom. The molecule has 0 bridgehead atoms. The van der Waals surface area contributed by atoms with Crippen LogP contribution in [0.1, 0.15) is 41.0 Å². The first kappa shape index (κ1) is 14.9. The van der Waals surface area contributed by atoms with Crippen molar-refractivity contribution in [3.8, 4) is 0 Å². The second kappa shape index (κ2) is 5.87. The minimum Gasteiger partial charge on any atom is -0.480 e. The Morgan fingerprint density at radius 3 is 2.12 bits per heavy atom. The summed E-state index contributed by atoms with van der Waals surface area (Å²) in [6, 6.07) is 0. The first-order chi connectivity index (χ1) is 7.18. The van der Waals surface area contributed by atoms with E-state index >= 15 is 0 Å². The number of carboxylic acids is 1. The molecule has 16 heavy (non-hydrogen) atoms. The number of hydrogen-bond donors (Lipinski definition) is 1. The number of aliphatic carboxylic acids is 1. The van der Waals surface area contributed by atoms with Crippen LogP contribution in [0.4, 0.5) is 0 Å². The maximum atomic E-state index is 11.8. The van der Waals surface area contributed by atoms with Crippen molar-refractivity contribution < 1.29 is 14.7 Å². The Morgan fingerprint density at radius 1 is 1.31 bits per heavy atom. The van der Waals surface area contributed by atoms with Gasteiger partial charge in [0.1, 0.15) is 6.54 Å². The molecule has 0 radical (unpaired) electrons. The number of likely N-dealkylation sites (N-methyl/N-ethyl adjacent to an activating group) is 1. The maximum Gasteiger partial charge on any atom is 0.323 e. The lowest BCUT2D eigenvalue weighted by molar-refractivity contribution is -0.145. The highest BCUT2D eigenvalue weighted by atomic mass is 16.4. The number of carbonyl (C=O) groups is 2. The van der Waals surface area contributed by atoms with E-state index in [4.69, 9.17) is 5.11 Å². The molecular formula is C12H23NO3. The number of rotatable bonds is 5. The van der Waals surface area contributed by atoms with Crippen LogP contribution in [0.15, 0.2) is 0 Å². The van der Waals surface area contributed by atoms with E-state index in [9.17, 15) is 9.59 Å². The van der Waals surface area contributed by atoms with Crippen molar-refractivity contribution in [3.05, 3.63) is 0 Å². The van der Waals surface area contributed by atoms with Crippen LogP contribution in [0, 0.1) is 11.3 Å². The first-order valence-corrected chi connectivity index (χ1v) is 5.68. The lowest BCUT2D eigenvalue weighted by atomic mass is 9.80. The first-order valence-electron chi connectivity index (χ1n) is 5.68. The third-order valence-corrected chi connectivity index (χ3v) is 3.02. The summed E-state index contributed by atoms with van der Waals surface area (Å²) in [6.07, 6.45) is 0.407. The molecule has 4 nitrogen and oxygen atoms in total. The summed E-state index contributed by atoms with van der Waals surface area (Å²) in [5.41, 5.74) is 0.0678. The van der Waals surface area contributed by atoms with E-state index in [1.165, 1.54) is 4.90 Å². The van der Waals surface area contributed by atoms with Gasteiger partial charge in [0.2, 0.25) is 5.91 Å². The van der Waals surface area contributed by atoms with E-state index in [0.717, 1.165) is 0 Å². The Balaban J connectivity index is 4.37. The highest BCUT2D eigenvalue weighted by Crippen LogP contribution is 2.28. The average molecular weight is 229 g/mol. The molecule has 0 aliphatic heterocycles. The van der Waals surface area contributed by atoms with Crippen molar-refractivity contribution in [3.63, 3.8) is 0 Å². The largest absolute Gasteiger partial charge is 0.480 e. The van der Waals surface area contributed by atoms with Crippen molar-refractivity contribution in [2.75, 3.05) is 13.1 Å². The lowest BCUT2D eigenvalue weighted by Gasteiger charge is -2.29. The fourth-order valence-electron chi connectivity index (χ4n) is 1.24. The van der Waals surface area contributed by atoms with Gasteiger partial charge in [0.15, 0.2) is 0 Å². The molecule has 0 aliphatic carbocycles. The SMILES string of the molecule is CCN(CC(=O)O)C(=O)CC(C)C(C)(C)C. The van der Waals surface area contributed by atoms with Gasteiger partial charge in [-0.2, -0.15) is 0 Å². The monoisotopic (exact) mass is 229 g/mol. The number of hydrogen-bond acceptors (Lipinski definition) is 2. The van der Waals surface area contributed by atoms with Crippen LogP contribution in [-0.2, 0) is 9.59 Å². The van der Waals surface area contributed by atoms with Crippen LogP contribution in [0.2, 0.25) is 0 Å². The van der Waals surface area contributed by atoms with Gasteiger partial charge in [-0.3, -0.25) is 9.59 Å². The van der Waals surface area contributed by atoms with Crippen molar-refractivity contribution in [2.45, 2.75) is 41.0 Å². The van der Waals surface area contributed by atoms with Gasteiger partial charge in [-0.25, -0.2) is 0 Å². The minimum absolute atomic E-state index is 0.0678. The zero-order chi connectivity index (χ0) is 12.9. The number of carboxylic acid groups (broad SMARTS) is 1. The molecule has 0 aromatic heterocycles. The normalized spacial score (nSPS) is 13.3. The Bertz CT molecular complexity index is 255. The molecule has 0 aromatic carbocycles. The summed E-state index contributed by atoms with van der Waals surface area (Å²) < 4.78 is 0. The highest BCUT2D eigenvalue weighted by Gasteiger charge is 2.25. The molecule has 4 heteroatoms. The van der Waals surface area contributed by atoms with Crippen LogP contribution in [-0.4, -0.2) is 35.0 Å². The fraction of sp³-hybridized carbons (Fsp3) is 0.833. The molecule has 0 aromatic rings. The number of amides is 1. The van der Waals surface area contributed by atoms with Gasteiger partial charge in [-0.15, -0.1) is 0 Å². The quantitative estimate of drug-likeness (QED) is 0.784. The third-order valence-electron chi connectivity index (χ3n) is 3.02. The molecule has 1 N–H and O–H groups in total. The highest BCUT2D eigenvalue weighted by molar-refractivity contribution is 5.81. The summed E-state index contributed by atoms with van der Waals surface area (Å²) in [5.74, 6) is -0.797. The number of nitrogens with zero attached hydrogens (tertiary/aromatic N) is 1. The van der Waals surface area contributed by atoms with E-state index in [2.05, 4.69) is 20.8 Å². The van der Waals surface area contributed by atoms with Gasteiger partial charge >= 0.3 is 5.97 Å². The van der Waals surface area contributed by atoms with Crippen molar-refractivity contribution in [2.24, 2.45) is 11.3 Å². The molecule has 0 fully saturated rings. The van der Waals surface area contributed by atoms with Gasteiger partial charge < -0.3 is 10.0 Å². The topological polar surface area (TPSA) is 57.6 Å². The van der Waals surface area contributed by atoms with E-state index in [1.54, 1.807) is 6.92 Å². The van der Waals surface area contributed by atoms with Crippen molar-refractivity contribution >= 4 is 11.9 Å². The smallest absolute Gasteiger partial charge is 0.323 e. The summed E-state index contributed by atoms with van der Waals surface area (Å²) in [5, 5.41) is 8.66. The van der Waals surface area contributed by atoms with Crippen LogP contribution >= 0.6 is 0 Å². The van der Waals surface area contributed by atoms with Gasteiger partial charge in [-0.05, 0) is 18.3 Å². The van der Waals surface area contributed by atoms with Crippen molar-refractivity contribution in [1.82, 2.24) is 4.90 Å². The predicted molar refractivity (Wildman–Crippen MR) is 63.1 cm³/mol. The Labute approximate surface area is 97.6 Å². The Hall–Kier alpha value is -1.06. The third kappa shape index (κ3) is 5.14. The zero-order valence-electron chi connectivity index (χ0n) is 10.9. The molecule has 1 amide bonds. The molecule has 94 valence electrons. The van der Waals surface area contributed by atoms with Crippen LogP contribution < -0.4 is 0 Å². The molecule has 0 saturated heterocycles. The van der Waals surface area contributed by atoms with E-state index < -0.39 is 5.97 Å². The van der Waals surface area contributed by atoms with E-state index in [-0.39, 0.29) is 23.8 Å². The van der Waals surface area contributed by atoms with Crippen LogP contribution in [0.3, 0.4) is 0 Å². The molecule has 0 saturated carbocycles. The summed E-state index contributed by atoms with van der Waals surface area (Å²) in [6.45, 7) is 10.3. The standard InChI is InChI=1S/C12H23NO3/c1-6-13(8-11(15)16)10(14)7-9(2)12(3,4)5/h9H,6-8H2,1-5H3,(H,15,16). The van der Waals surface area contributed by atoms with Crippen molar-refractivity contribution in [1.29, 1.82) is 0 Å². The van der Waals surface area contributed by atoms with Gasteiger partial charge in [0, 0.05) is 13.0 Å². The minimum atomic E-state index is -0.960.